The third-order valence-corrected chi connectivity index (χ3v) is 5.52. The standard InChI is InChI=1S/C24H34N2O4.2H2S/c1-16(26(5)6)24(28,18-10-8-9-11-21(18)30-15-22(25)27)19-14-17(23(2,3)4)12-13-20(19)29-7;;/h8-14,16,28H,15H2,1-7H3,(H2,25,27);2*1H2/t16-,24-;;/m0../s1. The Bertz CT molecular complexity index is 900. The number of aliphatic hydroxyl groups is 1. The summed E-state index contributed by atoms with van der Waals surface area (Å²) in [7, 11) is 5.40. The van der Waals surface area contributed by atoms with Gasteiger partial charge in [-0.15, -0.1) is 0 Å². The average Bonchev–Trinajstić information content (AvgIpc) is 2.70. The van der Waals surface area contributed by atoms with Gasteiger partial charge in [0.1, 0.15) is 17.1 Å². The van der Waals surface area contributed by atoms with Crippen LogP contribution in [0.1, 0.15) is 44.4 Å². The van der Waals surface area contributed by atoms with Crippen LogP contribution in [0.4, 0.5) is 0 Å². The fraction of sp³-hybridized carbons (Fsp3) is 0.458. The maximum Gasteiger partial charge on any atom is 0.255 e. The zero-order chi connectivity index (χ0) is 22.7. The van der Waals surface area contributed by atoms with Gasteiger partial charge >= 0.3 is 0 Å². The molecule has 6 nitrogen and oxygen atoms in total. The fourth-order valence-corrected chi connectivity index (χ4v) is 3.50. The average molecular weight is 483 g/mol. The van der Waals surface area contributed by atoms with Crippen LogP contribution >= 0.6 is 27.0 Å². The molecule has 8 heteroatoms. The Balaban J connectivity index is 0.00000480. The van der Waals surface area contributed by atoms with Crippen LogP contribution in [0.3, 0.4) is 0 Å². The lowest BCUT2D eigenvalue weighted by atomic mass is 9.76. The van der Waals surface area contributed by atoms with Crippen molar-refractivity contribution in [1.29, 1.82) is 0 Å². The van der Waals surface area contributed by atoms with Crippen LogP contribution in [-0.2, 0) is 15.8 Å². The van der Waals surface area contributed by atoms with E-state index < -0.39 is 11.5 Å². The molecular weight excluding hydrogens is 444 g/mol. The number of hydrogen-bond donors (Lipinski definition) is 2. The van der Waals surface area contributed by atoms with Gasteiger partial charge in [-0.25, -0.2) is 0 Å². The molecule has 2 rings (SSSR count). The Hall–Kier alpha value is -1.87. The second-order valence-corrected chi connectivity index (χ2v) is 8.82. The molecule has 32 heavy (non-hydrogen) atoms. The van der Waals surface area contributed by atoms with Gasteiger partial charge in [0.25, 0.3) is 5.91 Å². The highest BCUT2D eigenvalue weighted by Crippen LogP contribution is 2.44. The van der Waals surface area contributed by atoms with E-state index in [0.717, 1.165) is 5.56 Å². The van der Waals surface area contributed by atoms with Crippen LogP contribution in [0.15, 0.2) is 42.5 Å². The zero-order valence-electron chi connectivity index (χ0n) is 20.0. The molecule has 0 spiro atoms. The SMILES string of the molecule is COc1ccc(C(C)(C)C)cc1[C@@](O)(c1ccccc1OCC(N)=O)[C@H](C)N(C)C.S.S. The zero-order valence-corrected chi connectivity index (χ0v) is 22.0. The number of hydrogen-bond acceptors (Lipinski definition) is 5. The summed E-state index contributed by atoms with van der Waals surface area (Å²) in [6.07, 6.45) is 0. The molecule has 3 N–H and O–H groups in total. The second-order valence-electron chi connectivity index (χ2n) is 8.82. The van der Waals surface area contributed by atoms with Gasteiger partial charge in [-0.3, -0.25) is 4.79 Å². The Kier molecular flexibility index (Phi) is 11.1. The molecule has 0 aliphatic carbocycles. The molecular formula is C24H38N2O4S2. The van der Waals surface area contributed by atoms with E-state index in [1.807, 2.05) is 50.2 Å². The topological polar surface area (TPSA) is 85.0 Å². The Morgan fingerprint density at radius 3 is 2.16 bits per heavy atom. The molecule has 180 valence electrons. The van der Waals surface area contributed by atoms with Crippen LogP contribution in [0.25, 0.3) is 0 Å². The molecule has 0 aliphatic rings. The predicted octanol–water partition coefficient (Wildman–Crippen LogP) is 3.27. The first-order chi connectivity index (χ1) is 13.9. The third-order valence-electron chi connectivity index (χ3n) is 5.52. The molecule has 0 unspecified atom stereocenters. The molecule has 0 radical (unpaired) electrons. The number of likely N-dealkylation sites (N-methyl/N-ethyl adjacent to an activating group) is 1. The third kappa shape index (κ3) is 6.34. The molecule has 2 aromatic rings. The predicted molar refractivity (Wildman–Crippen MR) is 140 cm³/mol. The number of primary amides is 1. The van der Waals surface area contributed by atoms with Crippen molar-refractivity contribution in [2.45, 2.75) is 44.8 Å². The van der Waals surface area contributed by atoms with Crippen molar-refractivity contribution in [2.24, 2.45) is 5.73 Å². The van der Waals surface area contributed by atoms with Crippen LogP contribution < -0.4 is 15.2 Å². The maximum absolute atomic E-state index is 12.3. The minimum Gasteiger partial charge on any atom is -0.496 e. The molecule has 0 bridgehead atoms. The van der Waals surface area contributed by atoms with Crippen molar-refractivity contribution < 1.29 is 19.4 Å². The highest BCUT2D eigenvalue weighted by molar-refractivity contribution is 7.59. The molecule has 2 aromatic carbocycles. The van der Waals surface area contributed by atoms with Crippen LogP contribution in [0.2, 0.25) is 0 Å². The van der Waals surface area contributed by atoms with E-state index >= 15 is 0 Å². The van der Waals surface area contributed by atoms with Crippen molar-refractivity contribution in [1.82, 2.24) is 4.90 Å². The van der Waals surface area contributed by atoms with Crippen LogP contribution in [-0.4, -0.2) is 49.8 Å². The molecule has 1 amide bonds. The number of carbonyl (C=O) groups excluding carboxylic acids is 1. The summed E-state index contributed by atoms with van der Waals surface area (Å²) >= 11 is 0. The molecule has 0 heterocycles. The Labute approximate surface area is 206 Å². The smallest absolute Gasteiger partial charge is 0.255 e. The fourth-order valence-electron chi connectivity index (χ4n) is 3.50. The van der Waals surface area contributed by atoms with Crippen molar-refractivity contribution in [3.05, 3.63) is 59.2 Å². The van der Waals surface area contributed by atoms with E-state index in [2.05, 4.69) is 20.8 Å². The number of carbonyl (C=O) groups is 1. The summed E-state index contributed by atoms with van der Waals surface area (Å²) in [6.45, 7) is 8.03. The summed E-state index contributed by atoms with van der Waals surface area (Å²) in [5.41, 5.74) is 5.92. The van der Waals surface area contributed by atoms with E-state index in [0.29, 0.717) is 22.6 Å². The van der Waals surface area contributed by atoms with Gasteiger partial charge in [-0.05, 0) is 50.2 Å². The van der Waals surface area contributed by atoms with E-state index in [4.69, 9.17) is 15.2 Å². The lowest BCUT2D eigenvalue weighted by Gasteiger charge is -2.40. The van der Waals surface area contributed by atoms with Crippen molar-refractivity contribution in [3.63, 3.8) is 0 Å². The highest BCUT2D eigenvalue weighted by Gasteiger charge is 2.43. The van der Waals surface area contributed by atoms with Gasteiger partial charge in [-0.1, -0.05) is 45.0 Å². The summed E-state index contributed by atoms with van der Waals surface area (Å²) in [6, 6.07) is 12.7. The number of ether oxygens (including phenoxy) is 2. The molecule has 0 aromatic heterocycles. The Morgan fingerprint density at radius 2 is 1.66 bits per heavy atom. The van der Waals surface area contributed by atoms with Gasteiger partial charge < -0.3 is 25.2 Å². The molecule has 0 saturated carbocycles. The van der Waals surface area contributed by atoms with Crippen molar-refractivity contribution in [3.8, 4) is 11.5 Å². The van der Waals surface area contributed by atoms with E-state index in [1.165, 1.54) is 0 Å². The number of methoxy groups -OCH3 is 1. The largest absolute Gasteiger partial charge is 0.496 e. The normalized spacial score (nSPS) is 13.9. The molecule has 2 atom stereocenters. The number of nitrogens with zero attached hydrogens (tertiary/aromatic N) is 1. The number of para-hydroxylation sites is 1. The first-order valence-corrected chi connectivity index (χ1v) is 10.0. The highest BCUT2D eigenvalue weighted by atomic mass is 32.1. The lowest BCUT2D eigenvalue weighted by Crippen LogP contribution is -2.47. The summed E-state index contributed by atoms with van der Waals surface area (Å²) in [4.78, 5) is 13.2. The van der Waals surface area contributed by atoms with Gasteiger partial charge in [0.05, 0.1) is 7.11 Å². The number of rotatable bonds is 8. The van der Waals surface area contributed by atoms with E-state index in [-0.39, 0.29) is 45.1 Å². The summed E-state index contributed by atoms with van der Waals surface area (Å²) in [5, 5.41) is 12.3. The van der Waals surface area contributed by atoms with Gasteiger partial charge in [-0.2, -0.15) is 27.0 Å². The van der Waals surface area contributed by atoms with Gasteiger partial charge in [0.15, 0.2) is 6.61 Å². The lowest BCUT2D eigenvalue weighted by molar-refractivity contribution is -0.120. The number of nitrogens with two attached hydrogens (primary N) is 1. The molecule has 0 saturated heterocycles. The summed E-state index contributed by atoms with van der Waals surface area (Å²) in [5.74, 6) is 0.390. The van der Waals surface area contributed by atoms with Gasteiger partial charge in [0, 0.05) is 17.2 Å². The van der Waals surface area contributed by atoms with Crippen molar-refractivity contribution in [2.75, 3.05) is 27.8 Å². The van der Waals surface area contributed by atoms with Gasteiger partial charge in [0.2, 0.25) is 0 Å². The van der Waals surface area contributed by atoms with Crippen LogP contribution in [0, 0.1) is 0 Å². The van der Waals surface area contributed by atoms with Crippen molar-refractivity contribution >= 4 is 32.9 Å². The quantitative estimate of drug-likeness (QED) is 0.603. The minimum absolute atomic E-state index is 0. The number of benzene rings is 2. The van der Waals surface area contributed by atoms with E-state index in [9.17, 15) is 9.90 Å². The molecule has 0 fully saturated rings. The maximum atomic E-state index is 12.3. The van der Waals surface area contributed by atoms with Crippen LogP contribution in [0.5, 0.6) is 11.5 Å². The Morgan fingerprint density at radius 1 is 1.06 bits per heavy atom. The first-order valence-electron chi connectivity index (χ1n) is 10.0. The second kappa shape index (κ2) is 11.8. The minimum atomic E-state index is -1.48. The first kappa shape index (κ1) is 30.1. The summed E-state index contributed by atoms with van der Waals surface area (Å²) < 4.78 is 11.3. The van der Waals surface area contributed by atoms with E-state index in [1.54, 1.807) is 25.3 Å². The monoisotopic (exact) mass is 482 g/mol. The molecule has 0 aliphatic heterocycles. The number of amides is 1.